The Bertz CT molecular complexity index is 452. The Labute approximate surface area is 94.8 Å². The van der Waals surface area contributed by atoms with Gasteiger partial charge in [-0.1, -0.05) is 30.3 Å². The van der Waals surface area contributed by atoms with Gasteiger partial charge in [0.05, 0.1) is 0 Å². The second-order valence-corrected chi connectivity index (χ2v) is 4.48. The predicted octanol–water partition coefficient (Wildman–Crippen LogP) is 1.80. The maximum absolute atomic E-state index is 11.8. The lowest BCUT2D eigenvalue weighted by molar-refractivity contribution is -0.126. The summed E-state index contributed by atoms with van der Waals surface area (Å²) < 4.78 is 0. The highest BCUT2D eigenvalue weighted by molar-refractivity contribution is 6.07. The number of carbonyl (C=O) groups excluding carboxylic acids is 1. The lowest BCUT2D eigenvalue weighted by atomic mass is 9.98. The van der Waals surface area contributed by atoms with Crippen LogP contribution in [-0.4, -0.2) is 29.2 Å². The molecule has 1 aromatic carbocycles. The number of carbonyl (C=O) groups is 1. The molecular weight excluding hydrogens is 200 g/mol. The Morgan fingerprint density at radius 2 is 2.06 bits per heavy atom. The SMILES string of the molecule is C[C@@H]1N=C2C[C@H](c3ccccc3)CN2C1=O. The summed E-state index contributed by atoms with van der Waals surface area (Å²) in [6.45, 7) is 2.66. The molecule has 2 aliphatic rings. The van der Waals surface area contributed by atoms with Gasteiger partial charge in [0.1, 0.15) is 11.9 Å². The Morgan fingerprint density at radius 1 is 1.31 bits per heavy atom. The fourth-order valence-corrected chi connectivity index (χ4v) is 2.51. The number of amides is 1. The molecule has 0 aliphatic carbocycles. The van der Waals surface area contributed by atoms with E-state index in [2.05, 4.69) is 17.1 Å². The molecule has 0 bridgehead atoms. The van der Waals surface area contributed by atoms with Gasteiger partial charge in [-0.15, -0.1) is 0 Å². The molecule has 3 rings (SSSR count). The molecule has 16 heavy (non-hydrogen) atoms. The Hall–Kier alpha value is -1.64. The lowest BCUT2D eigenvalue weighted by Gasteiger charge is -2.13. The zero-order valence-corrected chi connectivity index (χ0v) is 9.26. The molecule has 1 amide bonds. The van der Waals surface area contributed by atoms with Gasteiger partial charge < -0.3 is 0 Å². The van der Waals surface area contributed by atoms with Gasteiger partial charge in [0.15, 0.2) is 0 Å². The summed E-state index contributed by atoms with van der Waals surface area (Å²) in [5.74, 6) is 1.57. The number of hydrogen-bond donors (Lipinski definition) is 0. The van der Waals surface area contributed by atoms with Crippen LogP contribution in [0.25, 0.3) is 0 Å². The highest BCUT2D eigenvalue weighted by Gasteiger charge is 2.39. The number of fused-ring (bicyclic) bond motifs is 1. The van der Waals surface area contributed by atoms with Crippen molar-refractivity contribution >= 4 is 11.7 Å². The number of aliphatic imine (C=N–C) groups is 1. The van der Waals surface area contributed by atoms with Gasteiger partial charge in [0.25, 0.3) is 5.91 Å². The van der Waals surface area contributed by atoms with E-state index < -0.39 is 0 Å². The first-order chi connectivity index (χ1) is 7.75. The van der Waals surface area contributed by atoms with E-state index in [1.54, 1.807) is 0 Å². The molecule has 2 aliphatic heterocycles. The number of nitrogens with zero attached hydrogens (tertiary/aromatic N) is 2. The van der Waals surface area contributed by atoms with E-state index in [1.165, 1.54) is 5.56 Å². The lowest BCUT2D eigenvalue weighted by Crippen LogP contribution is -2.30. The molecule has 0 saturated carbocycles. The molecule has 3 nitrogen and oxygen atoms in total. The zero-order chi connectivity index (χ0) is 11.1. The Morgan fingerprint density at radius 3 is 2.75 bits per heavy atom. The van der Waals surface area contributed by atoms with Crippen molar-refractivity contribution in [1.82, 2.24) is 4.90 Å². The first-order valence-corrected chi connectivity index (χ1v) is 5.68. The van der Waals surface area contributed by atoms with Gasteiger partial charge in [-0.2, -0.15) is 0 Å². The summed E-state index contributed by atoms with van der Waals surface area (Å²) in [5, 5.41) is 0. The molecule has 2 atom stereocenters. The molecule has 0 N–H and O–H groups in total. The van der Waals surface area contributed by atoms with Crippen LogP contribution in [0.5, 0.6) is 0 Å². The molecule has 0 aromatic heterocycles. The van der Waals surface area contributed by atoms with Crippen LogP contribution in [0.1, 0.15) is 24.8 Å². The van der Waals surface area contributed by atoms with Crippen LogP contribution >= 0.6 is 0 Å². The van der Waals surface area contributed by atoms with Crippen LogP contribution in [0.2, 0.25) is 0 Å². The van der Waals surface area contributed by atoms with Crippen molar-refractivity contribution in [3.63, 3.8) is 0 Å². The molecule has 2 heterocycles. The molecule has 0 unspecified atom stereocenters. The standard InChI is InChI=1S/C13H14N2O/c1-9-13(16)15-8-11(7-12(15)14-9)10-5-3-2-4-6-10/h2-6,9,11H,7-8H2,1H3/t9-,11-/m0/s1. The van der Waals surface area contributed by atoms with Crippen LogP contribution in [0.4, 0.5) is 0 Å². The molecule has 82 valence electrons. The van der Waals surface area contributed by atoms with E-state index in [4.69, 9.17) is 0 Å². The number of rotatable bonds is 1. The second kappa shape index (κ2) is 3.44. The first kappa shape index (κ1) is 9.58. The third-order valence-electron chi connectivity index (χ3n) is 3.38. The molecule has 0 spiro atoms. The highest BCUT2D eigenvalue weighted by Crippen LogP contribution is 2.32. The van der Waals surface area contributed by atoms with E-state index >= 15 is 0 Å². The van der Waals surface area contributed by atoms with Gasteiger partial charge >= 0.3 is 0 Å². The predicted molar refractivity (Wildman–Crippen MR) is 62.4 cm³/mol. The van der Waals surface area contributed by atoms with E-state index in [0.29, 0.717) is 5.92 Å². The number of benzene rings is 1. The summed E-state index contributed by atoms with van der Waals surface area (Å²) in [7, 11) is 0. The van der Waals surface area contributed by atoms with Crippen molar-refractivity contribution in [2.75, 3.05) is 6.54 Å². The summed E-state index contributed by atoms with van der Waals surface area (Å²) in [5.41, 5.74) is 1.31. The highest BCUT2D eigenvalue weighted by atomic mass is 16.2. The van der Waals surface area contributed by atoms with Gasteiger partial charge in [0.2, 0.25) is 0 Å². The first-order valence-electron chi connectivity index (χ1n) is 5.68. The molecule has 0 radical (unpaired) electrons. The van der Waals surface area contributed by atoms with Gasteiger partial charge in [-0.3, -0.25) is 14.7 Å². The third kappa shape index (κ3) is 1.35. The van der Waals surface area contributed by atoms with Crippen LogP contribution in [0, 0.1) is 0 Å². The van der Waals surface area contributed by atoms with Crippen LogP contribution in [-0.2, 0) is 4.79 Å². The minimum absolute atomic E-state index is 0.160. The largest absolute Gasteiger partial charge is 0.298 e. The molecular formula is C13H14N2O. The van der Waals surface area contributed by atoms with Crippen LogP contribution in [0.15, 0.2) is 35.3 Å². The number of amidine groups is 1. The summed E-state index contributed by atoms with van der Waals surface area (Å²) in [6.07, 6.45) is 0.903. The van der Waals surface area contributed by atoms with E-state index in [1.807, 2.05) is 30.0 Å². The van der Waals surface area contributed by atoms with E-state index in [9.17, 15) is 4.79 Å². The fraction of sp³-hybridized carbons (Fsp3) is 0.385. The summed E-state index contributed by atoms with van der Waals surface area (Å²) in [4.78, 5) is 18.0. The quantitative estimate of drug-likeness (QED) is 0.701. The van der Waals surface area contributed by atoms with Crippen molar-refractivity contribution in [2.24, 2.45) is 4.99 Å². The molecule has 3 heteroatoms. The Balaban J connectivity index is 1.85. The normalized spacial score (nSPS) is 28.2. The maximum atomic E-state index is 11.8. The van der Waals surface area contributed by atoms with Crippen molar-refractivity contribution in [3.8, 4) is 0 Å². The maximum Gasteiger partial charge on any atom is 0.252 e. The van der Waals surface area contributed by atoms with Crippen molar-refractivity contribution in [3.05, 3.63) is 35.9 Å². The molecule has 1 aromatic rings. The topological polar surface area (TPSA) is 32.7 Å². The van der Waals surface area contributed by atoms with Crippen molar-refractivity contribution in [2.45, 2.75) is 25.3 Å². The second-order valence-electron chi connectivity index (χ2n) is 4.48. The Kier molecular flexibility index (Phi) is 2.06. The molecule has 1 fully saturated rings. The van der Waals surface area contributed by atoms with Gasteiger partial charge in [0, 0.05) is 18.9 Å². The monoisotopic (exact) mass is 214 g/mol. The van der Waals surface area contributed by atoms with Crippen molar-refractivity contribution in [1.29, 1.82) is 0 Å². The average molecular weight is 214 g/mol. The number of hydrogen-bond acceptors (Lipinski definition) is 2. The smallest absolute Gasteiger partial charge is 0.252 e. The summed E-state index contributed by atoms with van der Waals surface area (Å²) in [6, 6.07) is 10.2. The average Bonchev–Trinajstić information content (AvgIpc) is 2.82. The minimum Gasteiger partial charge on any atom is -0.298 e. The van der Waals surface area contributed by atoms with Crippen LogP contribution in [0.3, 0.4) is 0 Å². The minimum atomic E-state index is -0.160. The van der Waals surface area contributed by atoms with Crippen LogP contribution < -0.4 is 0 Å². The van der Waals surface area contributed by atoms with Crippen molar-refractivity contribution < 1.29 is 4.79 Å². The van der Waals surface area contributed by atoms with E-state index in [0.717, 1.165) is 18.8 Å². The van der Waals surface area contributed by atoms with E-state index in [-0.39, 0.29) is 11.9 Å². The fourth-order valence-electron chi connectivity index (χ4n) is 2.51. The summed E-state index contributed by atoms with van der Waals surface area (Å²) >= 11 is 0. The molecule has 1 saturated heterocycles. The van der Waals surface area contributed by atoms with Gasteiger partial charge in [-0.05, 0) is 12.5 Å². The third-order valence-corrected chi connectivity index (χ3v) is 3.38. The zero-order valence-electron chi connectivity index (χ0n) is 9.26. The van der Waals surface area contributed by atoms with Gasteiger partial charge in [-0.25, -0.2) is 0 Å².